The van der Waals surface area contributed by atoms with Crippen LogP contribution in [0, 0.1) is 5.92 Å². The summed E-state index contributed by atoms with van der Waals surface area (Å²) in [5.74, 6) is -1.24. The van der Waals surface area contributed by atoms with Gasteiger partial charge in [0.1, 0.15) is 0 Å². The van der Waals surface area contributed by atoms with Crippen LogP contribution in [0.4, 0.5) is 4.79 Å². The minimum absolute atomic E-state index is 0.0186. The maximum atomic E-state index is 11.7. The number of rotatable bonds is 7. The molecule has 0 saturated carbocycles. The molecule has 3 N–H and O–H groups in total. The summed E-state index contributed by atoms with van der Waals surface area (Å²) in [6.45, 7) is 8.85. The summed E-state index contributed by atoms with van der Waals surface area (Å²) in [6.07, 6.45) is 2.93. The van der Waals surface area contributed by atoms with Crippen molar-refractivity contribution in [2.45, 2.75) is 59.9 Å². The fourth-order valence-corrected chi connectivity index (χ4v) is 1.69. The summed E-state index contributed by atoms with van der Waals surface area (Å²) in [5, 5.41) is 13.6. The highest BCUT2D eigenvalue weighted by molar-refractivity contribution is 6.07. The van der Waals surface area contributed by atoms with Crippen molar-refractivity contribution in [2.75, 3.05) is 0 Å². The third-order valence-electron chi connectivity index (χ3n) is 3.25. The molecule has 120 valence electrons. The second-order valence-corrected chi connectivity index (χ2v) is 5.71. The van der Waals surface area contributed by atoms with E-state index in [1.807, 2.05) is 6.92 Å². The summed E-state index contributed by atoms with van der Waals surface area (Å²) in [7, 11) is 0. The maximum absolute atomic E-state index is 11.7. The Balaban J connectivity index is 4.29. The molecule has 1 unspecified atom stereocenters. The van der Waals surface area contributed by atoms with E-state index in [0.717, 1.165) is 19.3 Å². The monoisotopic (exact) mass is 298 g/mol. The van der Waals surface area contributed by atoms with E-state index in [1.165, 1.54) is 13.8 Å². The van der Waals surface area contributed by atoms with Crippen LogP contribution >= 0.6 is 0 Å². The van der Waals surface area contributed by atoms with Gasteiger partial charge in [-0.15, -0.1) is 0 Å². The Bertz CT molecular complexity index is 427. The molecule has 0 spiro atoms. The molecule has 0 aromatic rings. The average molecular weight is 298 g/mol. The van der Waals surface area contributed by atoms with Gasteiger partial charge in [0.05, 0.1) is 0 Å². The van der Waals surface area contributed by atoms with E-state index >= 15 is 0 Å². The lowest BCUT2D eigenvalue weighted by atomic mass is 10.0. The number of carbonyl (C=O) groups excluding carboxylic acids is 2. The molecule has 0 fully saturated rings. The summed E-state index contributed by atoms with van der Waals surface area (Å²) >= 11 is 0. The van der Waals surface area contributed by atoms with Crippen LogP contribution in [0.5, 0.6) is 0 Å². The number of hydrogen-bond donors (Lipinski definition) is 3. The van der Waals surface area contributed by atoms with Crippen LogP contribution in [0.25, 0.3) is 0 Å². The zero-order valence-electron chi connectivity index (χ0n) is 13.4. The third-order valence-corrected chi connectivity index (χ3v) is 3.25. The van der Waals surface area contributed by atoms with Gasteiger partial charge in [0.15, 0.2) is 0 Å². The lowest BCUT2D eigenvalue weighted by Gasteiger charge is -2.15. The second-order valence-electron chi connectivity index (χ2n) is 5.71. The summed E-state index contributed by atoms with van der Waals surface area (Å²) < 4.78 is 0. The number of carboxylic acid groups (broad SMARTS) is 1. The number of hydrogen-bond acceptors (Lipinski definition) is 3. The summed E-state index contributed by atoms with van der Waals surface area (Å²) in [4.78, 5) is 34.1. The van der Waals surface area contributed by atoms with E-state index in [2.05, 4.69) is 24.5 Å². The highest BCUT2D eigenvalue weighted by Gasteiger charge is 2.16. The molecule has 0 aliphatic heterocycles. The van der Waals surface area contributed by atoms with Gasteiger partial charge >= 0.3 is 12.0 Å². The molecule has 0 aliphatic rings. The molecule has 0 radical (unpaired) electrons. The molecule has 0 heterocycles. The number of urea groups is 1. The number of amides is 3. The predicted molar refractivity (Wildman–Crippen MR) is 80.8 cm³/mol. The molecule has 21 heavy (non-hydrogen) atoms. The van der Waals surface area contributed by atoms with Crippen molar-refractivity contribution in [1.82, 2.24) is 10.6 Å². The van der Waals surface area contributed by atoms with E-state index in [0.29, 0.717) is 5.92 Å². The van der Waals surface area contributed by atoms with Crippen molar-refractivity contribution in [3.63, 3.8) is 0 Å². The van der Waals surface area contributed by atoms with Gasteiger partial charge in [-0.2, -0.15) is 0 Å². The fourth-order valence-electron chi connectivity index (χ4n) is 1.69. The Morgan fingerprint density at radius 1 is 1.00 bits per heavy atom. The van der Waals surface area contributed by atoms with Gasteiger partial charge in [-0.1, -0.05) is 26.7 Å². The number of aliphatic carboxylic acids is 1. The number of carboxylic acids is 1. The van der Waals surface area contributed by atoms with Crippen LogP contribution < -0.4 is 10.6 Å². The minimum Gasteiger partial charge on any atom is -0.478 e. The minimum atomic E-state index is -1.18. The Labute approximate surface area is 126 Å². The average Bonchev–Trinajstić information content (AvgIpc) is 2.35. The molecule has 0 saturated heterocycles. The maximum Gasteiger partial charge on any atom is 0.331 e. The van der Waals surface area contributed by atoms with Crippen LogP contribution in [-0.4, -0.2) is 29.1 Å². The zero-order valence-corrected chi connectivity index (χ0v) is 13.4. The van der Waals surface area contributed by atoms with E-state index < -0.39 is 17.9 Å². The van der Waals surface area contributed by atoms with E-state index in [-0.39, 0.29) is 17.2 Å². The normalized spacial score (nSPS) is 13.4. The standard InChI is InChI=1S/C15H26N2O4/c1-9(2)7-6-8-10(3)16-15(21)17-13(18)11(4)12(5)14(19)20/h9-10H,6-8H2,1-5H3,(H,19,20)(H2,16,17,18,21). The lowest BCUT2D eigenvalue weighted by molar-refractivity contribution is -0.133. The third kappa shape index (κ3) is 8.12. The van der Waals surface area contributed by atoms with Gasteiger partial charge in [0.2, 0.25) is 0 Å². The Morgan fingerprint density at radius 3 is 2.05 bits per heavy atom. The first kappa shape index (κ1) is 19.1. The molecule has 0 rings (SSSR count). The van der Waals surface area contributed by atoms with Crippen molar-refractivity contribution >= 4 is 17.9 Å². The SMILES string of the molecule is CC(C(=O)O)=C(C)C(=O)NC(=O)NC(C)CCCC(C)C. The molecule has 6 nitrogen and oxygen atoms in total. The summed E-state index contributed by atoms with van der Waals surface area (Å²) in [6, 6.07) is -0.643. The molecular weight excluding hydrogens is 272 g/mol. The molecule has 3 amide bonds. The molecular formula is C15H26N2O4. The van der Waals surface area contributed by atoms with Crippen molar-refractivity contribution in [3.05, 3.63) is 11.1 Å². The fraction of sp³-hybridized carbons (Fsp3) is 0.667. The van der Waals surface area contributed by atoms with Crippen molar-refractivity contribution in [1.29, 1.82) is 0 Å². The van der Waals surface area contributed by atoms with Crippen LogP contribution in [0.3, 0.4) is 0 Å². The molecule has 0 aromatic carbocycles. The first-order valence-corrected chi connectivity index (χ1v) is 7.17. The zero-order chi connectivity index (χ0) is 16.6. The Morgan fingerprint density at radius 2 is 1.57 bits per heavy atom. The topological polar surface area (TPSA) is 95.5 Å². The highest BCUT2D eigenvalue weighted by atomic mass is 16.4. The van der Waals surface area contributed by atoms with Gasteiger partial charge in [-0.3, -0.25) is 10.1 Å². The first-order valence-electron chi connectivity index (χ1n) is 7.17. The van der Waals surface area contributed by atoms with E-state index in [9.17, 15) is 14.4 Å². The molecule has 0 aliphatic carbocycles. The van der Waals surface area contributed by atoms with E-state index in [1.54, 1.807) is 0 Å². The molecule has 1 atom stereocenters. The first-order chi connectivity index (χ1) is 9.65. The van der Waals surface area contributed by atoms with Gasteiger partial charge < -0.3 is 10.4 Å². The van der Waals surface area contributed by atoms with E-state index in [4.69, 9.17) is 5.11 Å². The van der Waals surface area contributed by atoms with Gasteiger partial charge in [0, 0.05) is 17.2 Å². The quantitative estimate of drug-likeness (QED) is 0.629. The number of carbonyl (C=O) groups is 3. The largest absolute Gasteiger partial charge is 0.478 e. The van der Waals surface area contributed by atoms with Crippen molar-refractivity contribution in [3.8, 4) is 0 Å². The number of imide groups is 1. The van der Waals surface area contributed by atoms with Gasteiger partial charge in [-0.25, -0.2) is 9.59 Å². The highest BCUT2D eigenvalue weighted by Crippen LogP contribution is 2.08. The molecule has 6 heteroatoms. The van der Waals surface area contributed by atoms with Crippen molar-refractivity contribution < 1.29 is 19.5 Å². The van der Waals surface area contributed by atoms with Crippen LogP contribution in [0.2, 0.25) is 0 Å². The predicted octanol–water partition coefficient (Wildman–Crippen LogP) is 2.45. The smallest absolute Gasteiger partial charge is 0.331 e. The lowest BCUT2D eigenvalue weighted by Crippen LogP contribution is -2.44. The summed E-state index contributed by atoms with van der Waals surface area (Å²) in [5.41, 5.74) is -0.0598. The molecule has 0 bridgehead atoms. The second kappa shape index (κ2) is 9.15. The molecule has 0 aromatic heterocycles. The van der Waals surface area contributed by atoms with Crippen LogP contribution in [-0.2, 0) is 9.59 Å². The Kier molecular flexibility index (Phi) is 8.35. The van der Waals surface area contributed by atoms with Gasteiger partial charge in [0.25, 0.3) is 5.91 Å². The van der Waals surface area contributed by atoms with Crippen LogP contribution in [0.15, 0.2) is 11.1 Å². The Hall–Kier alpha value is -1.85. The number of nitrogens with one attached hydrogen (secondary N) is 2. The van der Waals surface area contributed by atoms with Gasteiger partial charge in [-0.05, 0) is 33.1 Å². The van der Waals surface area contributed by atoms with Crippen LogP contribution in [0.1, 0.15) is 53.9 Å². The van der Waals surface area contributed by atoms with Crippen molar-refractivity contribution in [2.24, 2.45) is 5.92 Å².